The van der Waals surface area contributed by atoms with Gasteiger partial charge >= 0.3 is 0 Å². The monoisotopic (exact) mass is 356 g/mol. The van der Waals surface area contributed by atoms with Gasteiger partial charge in [0.15, 0.2) is 0 Å². The largest absolute Gasteiger partial charge is 0.328 e. The van der Waals surface area contributed by atoms with Crippen molar-refractivity contribution in [3.05, 3.63) is 34.9 Å². The average Bonchev–Trinajstić information content (AvgIpc) is 2.93. The number of nitrogens with two attached hydrogens (primary N) is 1. The van der Waals surface area contributed by atoms with Crippen LogP contribution in [0, 0.1) is 0 Å². The third kappa shape index (κ3) is 3.24. The first kappa shape index (κ1) is 17.2. The van der Waals surface area contributed by atoms with Crippen LogP contribution in [0.5, 0.6) is 0 Å². The summed E-state index contributed by atoms with van der Waals surface area (Å²) >= 11 is 0. The number of hydrogen-bond acceptors (Lipinski definition) is 5. The van der Waals surface area contributed by atoms with Gasteiger partial charge in [-0.2, -0.15) is 0 Å². The average molecular weight is 356 g/mol. The SMILES string of the molecule is NC1CCN(Cc2ccc3c(c2)CN(C2CCC(=O)NC2=O)C3=O)CC1. The van der Waals surface area contributed by atoms with E-state index in [9.17, 15) is 14.4 Å². The van der Waals surface area contributed by atoms with E-state index in [0.29, 0.717) is 24.6 Å². The molecular weight excluding hydrogens is 332 g/mol. The molecule has 2 fully saturated rings. The minimum atomic E-state index is -0.556. The summed E-state index contributed by atoms with van der Waals surface area (Å²) in [6.45, 7) is 3.28. The number of carbonyl (C=O) groups excluding carboxylic acids is 3. The second kappa shape index (κ2) is 6.81. The normalized spacial score (nSPS) is 24.7. The number of fused-ring (bicyclic) bond motifs is 1. The van der Waals surface area contributed by atoms with Crippen molar-refractivity contribution < 1.29 is 14.4 Å². The van der Waals surface area contributed by atoms with Crippen molar-refractivity contribution in [3.8, 4) is 0 Å². The molecule has 3 aliphatic rings. The number of nitrogens with one attached hydrogen (secondary N) is 1. The Morgan fingerprint density at radius 2 is 1.88 bits per heavy atom. The number of rotatable bonds is 3. The van der Waals surface area contributed by atoms with Gasteiger partial charge in [-0.15, -0.1) is 0 Å². The molecule has 0 saturated carbocycles. The van der Waals surface area contributed by atoms with E-state index in [-0.39, 0.29) is 24.1 Å². The number of amides is 3. The second-order valence-electron chi connectivity index (χ2n) is 7.51. The highest BCUT2D eigenvalue weighted by atomic mass is 16.2. The zero-order valence-corrected chi connectivity index (χ0v) is 14.7. The molecule has 1 aromatic carbocycles. The van der Waals surface area contributed by atoms with Gasteiger partial charge in [0.2, 0.25) is 11.8 Å². The maximum absolute atomic E-state index is 12.7. The van der Waals surface area contributed by atoms with Gasteiger partial charge in [-0.3, -0.25) is 24.6 Å². The molecule has 4 rings (SSSR count). The van der Waals surface area contributed by atoms with Crippen LogP contribution in [-0.2, 0) is 22.7 Å². The molecule has 0 bridgehead atoms. The zero-order chi connectivity index (χ0) is 18.3. The molecule has 3 N–H and O–H groups in total. The van der Waals surface area contributed by atoms with Crippen LogP contribution in [0.3, 0.4) is 0 Å². The molecule has 3 aliphatic heterocycles. The molecule has 0 aromatic heterocycles. The highest BCUT2D eigenvalue weighted by molar-refractivity contribution is 6.05. The lowest BCUT2D eigenvalue weighted by atomic mass is 10.0. The Bertz CT molecular complexity index is 755. The van der Waals surface area contributed by atoms with Crippen LogP contribution in [0.25, 0.3) is 0 Å². The van der Waals surface area contributed by atoms with Crippen LogP contribution < -0.4 is 11.1 Å². The Labute approximate surface area is 152 Å². The number of carbonyl (C=O) groups is 3. The van der Waals surface area contributed by atoms with Gasteiger partial charge in [0.25, 0.3) is 5.91 Å². The number of nitrogens with zero attached hydrogens (tertiary/aromatic N) is 2. The molecule has 2 saturated heterocycles. The number of hydrogen-bond donors (Lipinski definition) is 2. The Morgan fingerprint density at radius 1 is 1.12 bits per heavy atom. The fourth-order valence-corrected chi connectivity index (χ4v) is 4.10. The maximum atomic E-state index is 12.7. The number of imide groups is 1. The quantitative estimate of drug-likeness (QED) is 0.763. The summed E-state index contributed by atoms with van der Waals surface area (Å²) in [6, 6.07) is 5.70. The van der Waals surface area contributed by atoms with Crippen LogP contribution in [0.1, 0.15) is 47.2 Å². The van der Waals surface area contributed by atoms with Crippen LogP contribution >= 0.6 is 0 Å². The predicted molar refractivity (Wildman–Crippen MR) is 95.0 cm³/mol. The first-order chi connectivity index (χ1) is 12.5. The van der Waals surface area contributed by atoms with Gasteiger partial charge in [0.05, 0.1) is 0 Å². The zero-order valence-electron chi connectivity index (χ0n) is 14.7. The first-order valence-corrected chi connectivity index (χ1v) is 9.25. The standard InChI is InChI=1S/C19H24N4O3/c20-14-5-7-22(8-6-14)10-12-1-2-15-13(9-12)11-23(19(15)26)16-3-4-17(24)21-18(16)25/h1-2,9,14,16H,3-8,10-11,20H2,(H,21,24,25). The minimum Gasteiger partial charge on any atom is -0.328 e. The molecule has 1 aromatic rings. The Balaban J connectivity index is 1.46. The van der Waals surface area contributed by atoms with E-state index in [1.807, 2.05) is 12.1 Å². The highest BCUT2D eigenvalue weighted by Crippen LogP contribution is 2.28. The molecular formula is C19H24N4O3. The summed E-state index contributed by atoms with van der Waals surface area (Å²) in [5.41, 5.74) is 8.77. The third-order valence-corrected chi connectivity index (χ3v) is 5.63. The lowest BCUT2D eigenvalue weighted by Crippen LogP contribution is -2.52. The molecule has 1 unspecified atom stereocenters. The Morgan fingerprint density at radius 3 is 2.62 bits per heavy atom. The second-order valence-corrected chi connectivity index (χ2v) is 7.51. The molecule has 0 radical (unpaired) electrons. The molecule has 138 valence electrons. The number of piperidine rings is 2. The summed E-state index contributed by atoms with van der Waals surface area (Å²) in [4.78, 5) is 40.1. The van der Waals surface area contributed by atoms with Crippen LogP contribution in [-0.4, -0.2) is 52.7 Å². The van der Waals surface area contributed by atoms with Crippen LogP contribution in [0.15, 0.2) is 18.2 Å². The van der Waals surface area contributed by atoms with E-state index in [0.717, 1.165) is 38.0 Å². The van der Waals surface area contributed by atoms with Crippen molar-refractivity contribution in [2.24, 2.45) is 5.73 Å². The Hall–Kier alpha value is -2.25. The van der Waals surface area contributed by atoms with Crippen molar-refractivity contribution in [2.75, 3.05) is 13.1 Å². The van der Waals surface area contributed by atoms with Crippen molar-refractivity contribution in [1.29, 1.82) is 0 Å². The molecule has 0 spiro atoms. The van der Waals surface area contributed by atoms with Gasteiger partial charge in [0.1, 0.15) is 6.04 Å². The van der Waals surface area contributed by atoms with Gasteiger partial charge in [0, 0.05) is 31.1 Å². The van der Waals surface area contributed by atoms with E-state index in [1.165, 1.54) is 5.56 Å². The molecule has 7 heteroatoms. The van der Waals surface area contributed by atoms with E-state index < -0.39 is 6.04 Å². The minimum absolute atomic E-state index is 0.120. The molecule has 0 aliphatic carbocycles. The fraction of sp³-hybridized carbons (Fsp3) is 0.526. The molecule has 26 heavy (non-hydrogen) atoms. The molecule has 3 amide bonds. The lowest BCUT2D eigenvalue weighted by molar-refractivity contribution is -0.136. The van der Waals surface area contributed by atoms with E-state index >= 15 is 0 Å². The summed E-state index contributed by atoms with van der Waals surface area (Å²) in [5, 5.41) is 2.33. The number of likely N-dealkylation sites (tertiary alicyclic amines) is 1. The predicted octanol–water partition coefficient (Wildman–Crippen LogP) is 0.371. The van der Waals surface area contributed by atoms with Crippen molar-refractivity contribution in [1.82, 2.24) is 15.1 Å². The van der Waals surface area contributed by atoms with E-state index in [4.69, 9.17) is 5.73 Å². The smallest absolute Gasteiger partial charge is 0.255 e. The van der Waals surface area contributed by atoms with Crippen LogP contribution in [0.2, 0.25) is 0 Å². The third-order valence-electron chi connectivity index (χ3n) is 5.63. The van der Waals surface area contributed by atoms with Gasteiger partial charge in [-0.05, 0) is 49.5 Å². The van der Waals surface area contributed by atoms with Gasteiger partial charge < -0.3 is 10.6 Å². The first-order valence-electron chi connectivity index (χ1n) is 9.25. The maximum Gasteiger partial charge on any atom is 0.255 e. The van der Waals surface area contributed by atoms with E-state index in [2.05, 4.69) is 16.3 Å². The fourth-order valence-electron chi connectivity index (χ4n) is 4.10. The van der Waals surface area contributed by atoms with Gasteiger partial charge in [-0.25, -0.2) is 0 Å². The van der Waals surface area contributed by atoms with Crippen molar-refractivity contribution in [2.45, 2.75) is 50.9 Å². The topological polar surface area (TPSA) is 95.7 Å². The van der Waals surface area contributed by atoms with Crippen LogP contribution in [0.4, 0.5) is 0 Å². The molecule has 7 nitrogen and oxygen atoms in total. The lowest BCUT2D eigenvalue weighted by Gasteiger charge is -2.30. The number of benzene rings is 1. The molecule has 3 heterocycles. The highest BCUT2D eigenvalue weighted by Gasteiger charge is 2.39. The van der Waals surface area contributed by atoms with Crippen molar-refractivity contribution >= 4 is 17.7 Å². The van der Waals surface area contributed by atoms with Gasteiger partial charge in [-0.1, -0.05) is 12.1 Å². The summed E-state index contributed by atoms with van der Waals surface area (Å²) < 4.78 is 0. The summed E-state index contributed by atoms with van der Waals surface area (Å²) in [7, 11) is 0. The van der Waals surface area contributed by atoms with E-state index in [1.54, 1.807) is 4.90 Å². The Kier molecular flexibility index (Phi) is 4.50. The summed E-state index contributed by atoms with van der Waals surface area (Å²) in [6.07, 6.45) is 2.71. The van der Waals surface area contributed by atoms with Crippen molar-refractivity contribution in [3.63, 3.8) is 0 Å². The summed E-state index contributed by atoms with van der Waals surface area (Å²) in [5.74, 6) is -0.753. The molecule has 1 atom stereocenters.